The standard InChI is InChI=1S/C31H26F8N4O4/c1-4-23(31(37,38)39)41-16-12-20(32)25(21(33)13-16)27(44)42-22(29(46)47)11-15-7-8-18(26-17(15)6-5-9-40-26)24-19(30(34,35)36)10-14(2)43(3)28(24)45/h5-10,12-13,22-23,41H,4,11H2,1-3H3,(H,42,44)(H,46,47)/t22-,23-/m1/s1. The number of aryl methyl sites for hydroxylation is 1. The van der Waals surface area contributed by atoms with Crippen LogP contribution in [0.2, 0.25) is 0 Å². The highest BCUT2D eigenvalue weighted by atomic mass is 19.4. The Balaban J connectivity index is 1.70. The number of hydrogen-bond donors (Lipinski definition) is 3. The first-order valence-electron chi connectivity index (χ1n) is 13.9. The summed E-state index contributed by atoms with van der Waals surface area (Å²) in [4.78, 5) is 42.2. The van der Waals surface area contributed by atoms with Crippen molar-refractivity contribution < 1.29 is 49.8 Å². The lowest BCUT2D eigenvalue weighted by molar-refractivity contribution is -0.143. The molecule has 2 aromatic heterocycles. The number of alkyl halides is 6. The highest BCUT2D eigenvalue weighted by molar-refractivity contribution is 5.99. The van der Waals surface area contributed by atoms with Crippen LogP contribution in [-0.4, -0.2) is 44.8 Å². The number of benzene rings is 2. The minimum atomic E-state index is -4.92. The third-order valence-electron chi connectivity index (χ3n) is 7.55. The van der Waals surface area contributed by atoms with Gasteiger partial charge in [0.1, 0.15) is 29.3 Å². The molecule has 0 fully saturated rings. The van der Waals surface area contributed by atoms with E-state index in [4.69, 9.17) is 0 Å². The Hall–Kier alpha value is -5.02. The number of nitrogens with zero attached hydrogens (tertiary/aromatic N) is 2. The quantitative estimate of drug-likeness (QED) is 0.178. The molecule has 0 saturated heterocycles. The van der Waals surface area contributed by atoms with Crippen LogP contribution >= 0.6 is 0 Å². The Morgan fingerprint density at radius 3 is 2.21 bits per heavy atom. The summed E-state index contributed by atoms with van der Waals surface area (Å²) in [6, 6.07) is 2.97. The molecule has 2 atom stereocenters. The molecule has 0 saturated carbocycles. The van der Waals surface area contributed by atoms with Gasteiger partial charge in [0.05, 0.1) is 16.6 Å². The number of anilines is 1. The minimum absolute atomic E-state index is 0.0465. The number of halogens is 8. The van der Waals surface area contributed by atoms with Crippen molar-refractivity contribution in [1.29, 1.82) is 0 Å². The van der Waals surface area contributed by atoms with E-state index in [-0.39, 0.29) is 27.7 Å². The zero-order valence-corrected chi connectivity index (χ0v) is 24.8. The molecule has 0 bridgehead atoms. The van der Waals surface area contributed by atoms with Gasteiger partial charge in [-0.3, -0.25) is 14.6 Å². The van der Waals surface area contributed by atoms with E-state index in [2.05, 4.69) is 4.98 Å². The predicted molar refractivity (Wildman–Crippen MR) is 155 cm³/mol. The molecule has 250 valence electrons. The smallest absolute Gasteiger partial charge is 0.417 e. The summed E-state index contributed by atoms with van der Waals surface area (Å²) < 4.78 is 112. The van der Waals surface area contributed by atoms with E-state index < -0.39 is 88.7 Å². The number of hydrogen-bond acceptors (Lipinski definition) is 5. The van der Waals surface area contributed by atoms with Gasteiger partial charge >= 0.3 is 18.3 Å². The summed E-state index contributed by atoms with van der Waals surface area (Å²) in [7, 11) is 1.30. The van der Waals surface area contributed by atoms with Crippen molar-refractivity contribution >= 4 is 28.5 Å². The first kappa shape index (κ1) is 34.8. The number of aliphatic carboxylic acids is 1. The molecule has 0 aliphatic heterocycles. The normalized spacial score (nSPS) is 13.3. The van der Waals surface area contributed by atoms with Crippen molar-refractivity contribution in [1.82, 2.24) is 14.9 Å². The van der Waals surface area contributed by atoms with E-state index in [1.54, 1.807) is 0 Å². The second-order valence-corrected chi connectivity index (χ2v) is 10.6. The van der Waals surface area contributed by atoms with E-state index in [1.807, 2.05) is 10.6 Å². The van der Waals surface area contributed by atoms with Crippen LogP contribution in [0.1, 0.15) is 40.5 Å². The number of carbonyl (C=O) groups is 2. The number of amides is 1. The summed E-state index contributed by atoms with van der Waals surface area (Å²) in [6.45, 7) is 2.53. The van der Waals surface area contributed by atoms with Gasteiger partial charge in [-0.25, -0.2) is 13.6 Å². The van der Waals surface area contributed by atoms with Crippen LogP contribution in [0.25, 0.3) is 22.0 Å². The van der Waals surface area contributed by atoms with Crippen LogP contribution in [0.3, 0.4) is 0 Å². The maximum absolute atomic E-state index is 14.8. The number of fused-ring (bicyclic) bond motifs is 1. The van der Waals surface area contributed by atoms with Gasteiger partial charge in [0.2, 0.25) is 0 Å². The van der Waals surface area contributed by atoms with Gasteiger partial charge in [0.15, 0.2) is 0 Å². The molecule has 2 aromatic carbocycles. The van der Waals surface area contributed by atoms with Crippen LogP contribution < -0.4 is 16.2 Å². The number of pyridine rings is 2. The number of rotatable bonds is 9. The lowest BCUT2D eigenvalue weighted by Crippen LogP contribution is -2.43. The monoisotopic (exact) mass is 670 g/mol. The molecule has 4 aromatic rings. The summed E-state index contributed by atoms with van der Waals surface area (Å²) in [5, 5.41) is 13.9. The first-order chi connectivity index (χ1) is 21.8. The SMILES string of the molecule is CC[C@@H](Nc1cc(F)c(C(=O)N[C@H](Cc2ccc(-c3c(C(F)(F)F)cc(C)n(C)c3=O)c3ncccc23)C(=O)O)c(F)c1)C(F)(F)F. The van der Waals surface area contributed by atoms with Gasteiger partial charge in [-0.05, 0) is 43.2 Å². The van der Waals surface area contributed by atoms with E-state index in [9.17, 15) is 54.6 Å². The molecule has 0 spiro atoms. The van der Waals surface area contributed by atoms with Crippen LogP contribution in [0.4, 0.5) is 40.8 Å². The average molecular weight is 671 g/mol. The number of nitrogens with one attached hydrogen (secondary N) is 2. The van der Waals surface area contributed by atoms with Crippen molar-refractivity contribution in [3.05, 3.63) is 93.0 Å². The highest BCUT2D eigenvalue weighted by Crippen LogP contribution is 2.38. The van der Waals surface area contributed by atoms with Gasteiger partial charge in [-0.2, -0.15) is 26.3 Å². The Morgan fingerprint density at radius 1 is 1.02 bits per heavy atom. The van der Waals surface area contributed by atoms with Crippen molar-refractivity contribution in [2.45, 2.75) is 51.1 Å². The lowest BCUT2D eigenvalue weighted by Gasteiger charge is -2.22. The molecule has 1 amide bonds. The zero-order valence-electron chi connectivity index (χ0n) is 24.8. The Kier molecular flexibility index (Phi) is 9.64. The molecule has 0 aliphatic rings. The molecule has 8 nitrogen and oxygen atoms in total. The number of carboxylic acids is 1. The van der Waals surface area contributed by atoms with Crippen molar-refractivity contribution in [3.63, 3.8) is 0 Å². The fourth-order valence-corrected chi connectivity index (χ4v) is 5.06. The second-order valence-electron chi connectivity index (χ2n) is 10.6. The van der Waals surface area contributed by atoms with Gasteiger partial charge in [-0.1, -0.05) is 25.1 Å². The maximum atomic E-state index is 14.8. The second kappa shape index (κ2) is 13.0. The minimum Gasteiger partial charge on any atom is -0.480 e. The van der Waals surface area contributed by atoms with E-state index in [0.717, 1.165) is 16.7 Å². The Bertz CT molecular complexity index is 1900. The molecule has 0 radical (unpaired) electrons. The number of carbonyl (C=O) groups excluding carboxylic acids is 1. The summed E-state index contributed by atoms with van der Waals surface area (Å²) >= 11 is 0. The number of carboxylic acid groups (broad SMARTS) is 1. The van der Waals surface area contributed by atoms with Crippen molar-refractivity contribution in [2.24, 2.45) is 7.05 Å². The Labute approximate surface area is 261 Å². The Morgan fingerprint density at radius 2 is 1.66 bits per heavy atom. The van der Waals surface area contributed by atoms with Gasteiger partial charge in [0.25, 0.3) is 11.5 Å². The fraction of sp³-hybridized carbons (Fsp3) is 0.290. The molecule has 4 rings (SSSR count). The van der Waals surface area contributed by atoms with E-state index in [0.29, 0.717) is 12.1 Å². The van der Waals surface area contributed by atoms with E-state index >= 15 is 0 Å². The topological polar surface area (TPSA) is 113 Å². The maximum Gasteiger partial charge on any atom is 0.417 e. The molecule has 2 heterocycles. The van der Waals surface area contributed by atoms with Crippen LogP contribution in [0.5, 0.6) is 0 Å². The average Bonchev–Trinajstić information content (AvgIpc) is 2.97. The summed E-state index contributed by atoms with van der Waals surface area (Å²) in [5.74, 6) is -6.31. The summed E-state index contributed by atoms with van der Waals surface area (Å²) in [5.41, 5.74) is -4.80. The molecular weight excluding hydrogens is 644 g/mol. The molecule has 47 heavy (non-hydrogen) atoms. The number of aromatic nitrogens is 2. The molecule has 0 unspecified atom stereocenters. The van der Waals surface area contributed by atoms with E-state index in [1.165, 1.54) is 45.3 Å². The van der Waals surface area contributed by atoms with Gasteiger partial charge in [-0.15, -0.1) is 0 Å². The van der Waals surface area contributed by atoms with Crippen LogP contribution in [0.15, 0.2) is 53.5 Å². The molecule has 16 heteroatoms. The molecular formula is C31H26F8N4O4. The van der Waals surface area contributed by atoms with Gasteiger partial charge < -0.3 is 20.3 Å². The first-order valence-corrected chi connectivity index (χ1v) is 13.9. The zero-order chi connectivity index (χ0) is 35.0. The predicted octanol–water partition coefficient (Wildman–Crippen LogP) is 6.38. The van der Waals surface area contributed by atoms with Crippen LogP contribution in [0, 0.1) is 18.6 Å². The fourth-order valence-electron chi connectivity index (χ4n) is 5.06. The van der Waals surface area contributed by atoms with Crippen molar-refractivity contribution in [3.8, 4) is 11.1 Å². The highest BCUT2D eigenvalue weighted by Gasteiger charge is 2.39. The van der Waals surface area contributed by atoms with Crippen LogP contribution in [-0.2, 0) is 24.4 Å². The largest absolute Gasteiger partial charge is 0.480 e. The van der Waals surface area contributed by atoms with Crippen molar-refractivity contribution in [2.75, 3.05) is 5.32 Å². The van der Waals surface area contributed by atoms with Gasteiger partial charge in [0, 0.05) is 42.0 Å². The molecule has 0 aliphatic carbocycles. The summed E-state index contributed by atoms with van der Waals surface area (Å²) in [6.07, 6.45) is -9.42. The molecule has 3 N–H and O–H groups in total. The third kappa shape index (κ3) is 7.20. The lowest BCUT2D eigenvalue weighted by atomic mass is 9.93. The third-order valence-corrected chi connectivity index (χ3v) is 7.55.